The van der Waals surface area contributed by atoms with Crippen LogP contribution in [-0.2, 0) is 9.53 Å². The Balaban J connectivity index is 1.74. The van der Waals surface area contributed by atoms with Crippen LogP contribution in [0.1, 0.15) is 60.7 Å². The van der Waals surface area contributed by atoms with E-state index in [1.165, 1.54) is 18.2 Å². The first-order chi connectivity index (χ1) is 13.2. The van der Waals surface area contributed by atoms with Gasteiger partial charge in [0.25, 0.3) is 17.5 Å². The van der Waals surface area contributed by atoms with Crippen LogP contribution in [-0.4, -0.2) is 40.3 Å². The SMILES string of the molecule is CC1CCC(C(C)C)C(OC(=O)CN2C(=O)c3cccc([N+](=O)[O-])c3C2=O)C1. The molecule has 1 fully saturated rings. The molecule has 1 heterocycles. The van der Waals surface area contributed by atoms with Crippen molar-refractivity contribution in [2.75, 3.05) is 6.54 Å². The summed E-state index contributed by atoms with van der Waals surface area (Å²) in [6.45, 7) is 5.75. The summed E-state index contributed by atoms with van der Waals surface area (Å²) in [6.07, 6.45) is 2.55. The van der Waals surface area contributed by atoms with Crippen molar-refractivity contribution in [1.82, 2.24) is 4.90 Å². The van der Waals surface area contributed by atoms with Crippen molar-refractivity contribution in [3.8, 4) is 0 Å². The molecule has 1 aliphatic carbocycles. The Morgan fingerprint density at radius 3 is 2.64 bits per heavy atom. The summed E-state index contributed by atoms with van der Waals surface area (Å²) in [6, 6.07) is 3.87. The maximum absolute atomic E-state index is 12.6. The lowest BCUT2D eigenvalue weighted by atomic mass is 9.75. The number of hydrogen-bond donors (Lipinski definition) is 0. The second-order valence-corrected chi connectivity index (χ2v) is 8.01. The fraction of sp³-hybridized carbons (Fsp3) is 0.550. The predicted molar refractivity (Wildman–Crippen MR) is 99.7 cm³/mol. The third-order valence-electron chi connectivity index (χ3n) is 5.71. The molecule has 2 aliphatic rings. The van der Waals surface area contributed by atoms with Gasteiger partial charge in [0, 0.05) is 6.07 Å². The Hall–Kier alpha value is -2.77. The molecule has 1 aliphatic heterocycles. The van der Waals surface area contributed by atoms with E-state index in [1.807, 2.05) is 0 Å². The first kappa shape index (κ1) is 20.0. The van der Waals surface area contributed by atoms with Crippen LogP contribution < -0.4 is 0 Å². The van der Waals surface area contributed by atoms with Gasteiger partial charge < -0.3 is 4.74 Å². The van der Waals surface area contributed by atoms with Crippen LogP contribution in [0.15, 0.2) is 18.2 Å². The van der Waals surface area contributed by atoms with Crippen LogP contribution in [0.2, 0.25) is 0 Å². The summed E-state index contributed by atoms with van der Waals surface area (Å²) in [7, 11) is 0. The molecule has 0 radical (unpaired) electrons. The molecule has 3 unspecified atom stereocenters. The van der Waals surface area contributed by atoms with E-state index in [-0.39, 0.29) is 23.1 Å². The average molecular weight is 388 g/mol. The van der Waals surface area contributed by atoms with E-state index in [9.17, 15) is 24.5 Å². The normalized spacial score (nSPS) is 24.4. The topological polar surface area (TPSA) is 107 Å². The van der Waals surface area contributed by atoms with Crippen molar-refractivity contribution in [2.24, 2.45) is 17.8 Å². The largest absolute Gasteiger partial charge is 0.461 e. The summed E-state index contributed by atoms with van der Waals surface area (Å²) in [4.78, 5) is 48.8. The molecule has 0 saturated heterocycles. The first-order valence-corrected chi connectivity index (χ1v) is 9.53. The van der Waals surface area contributed by atoms with Crippen LogP contribution in [0, 0.1) is 27.9 Å². The van der Waals surface area contributed by atoms with E-state index in [0.717, 1.165) is 24.2 Å². The zero-order valence-corrected chi connectivity index (χ0v) is 16.2. The zero-order valence-electron chi connectivity index (χ0n) is 16.2. The highest BCUT2D eigenvalue weighted by molar-refractivity contribution is 6.24. The van der Waals surface area contributed by atoms with Gasteiger partial charge in [-0.1, -0.05) is 33.3 Å². The Labute approximate surface area is 163 Å². The average Bonchev–Trinajstić information content (AvgIpc) is 2.86. The third-order valence-corrected chi connectivity index (χ3v) is 5.71. The third kappa shape index (κ3) is 3.63. The number of fused-ring (bicyclic) bond motifs is 1. The lowest BCUT2D eigenvalue weighted by Crippen LogP contribution is -2.40. The number of nitro groups is 1. The second-order valence-electron chi connectivity index (χ2n) is 8.01. The molecule has 2 amide bonds. The molecule has 3 atom stereocenters. The molecule has 3 rings (SSSR count). The minimum atomic E-state index is -0.832. The number of nitrogens with zero attached hydrogens (tertiary/aromatic N) is 2. The van der Waals surface area contributed by atoms with Gasteiger partial charge in [-0.2, -0.15) is 0 Å². The Bertz CT molecular complexity index is 834. The van der Waals surface area contributed by atoms with Gasteiger partial charge in [-0.25, -0.2) is 0 Å². The predicted octanol–water partition coefficient (Wildman–Crippen LogP) is 3.19. The van der Waals surface area contributed by atoms with Crippen LogP contribution in [0.25, 0.3) is 0 Å². The molecule has 0 N–H and O–H groups in total. The Kier molecular flexibility index (Phi) is 5.49. The van der Waals surface area contributed by atoms with Gasteiger partial charge in [0.1, 0.15) is 18.2 Å². The number of benzene rings is 1. The summed E-state index contributed by atoms with van der Waals surface area (Å²) < 4.78 is 5.65. The van der Waals surface area contributed by atoms with Gasteiger partial charge in [-0.15, -0.1) is 0 Å². The van der Waals surface area contributed by atoms with E-state index >= 15 is 0 Å². The van der Waals surface area contributed by atoms with Crippen LogP contribution in [0.4, 0.5) is 5.69 Å². The van der Waals surface area contributed by atoms with Crippen molar-refractivity contribution in [1.29, 1.82) is 0 Å². The van der Waals surface area contributed by atoms with Gasteiger partial charge >= 0.3 is 5.97 Å². The van der Waals surface area contributed by atoms with E-state index in [0.29, 0.717) is 11.8 Å². The summed E-state index contributed by atoms with van der Waals surface area (Å²) >= 11 is 0. The number of ether oxygens (including phenoxy) is 1. The van der Waals surface area contributed by atoms with Crippen molar-refractivity contribution >= 4 is 23.5 Å². The maximum Gasteiger partial charge on any atom is 0.326 e. The molecule has 8 heteroatoms. The maximum atomic E-state index is 12.6. The van der Waals surface area contributed by atoms with Gasteiger partial charge in [0.05, 0.1) is 10.5 Å². The fourth-order valence-electron chi connectivity index (χ4n) is 4.20. The quantitative estimate of drug-likeness (QED) is 0.332. The first-order valence-electron chi connectivity index (χ1n) is 9.53. The lowest BCUT2D eigenvalue weighted by Gasteiger charge is -2.36. The van der Waals surface area contributed by atoms with E-state index in [1.54, 1.807) is 0 Å². The number of esters is 1. The molecule has 0 spiro atoms. The highest BCUT2D eigenvalue weighted by atomic mass is 16.6. The Morgan fingerprint density at radius 2 is 2.00 bits per heavy atom. The van der Waals surface area contributed by atoms with Gasteiger partial charge in [0.15, 0.2) is 0 Å². The van der Waals surface area contributed by atoms with Gasteiger partial charge in [-0.3, -0.25) is 29.4 Å². The van der Waals surface area contributed by atoms with Crippen molar-refractivity contribution < 1.29 is 24.0 Å². The van der Waals surface area contributed by atoms with Gasteiger partial charge in [-0.05, 0) is 36.7 Å². The highest BCUT2D eigenvalue weighted by Gasteiger charge is 2.42. The monoisotopic (exact) mass is 388 g/mol. The molecular formula is C20H24N2O6. The van der Waals surface area contributed by atoms with Crippen molar-refractivity contribution in [2.45, 2.75) is 46.1 Å². The molecule has 150 valence electrons. The standard InChI is InChI=1S/C20H24N2O6/c1-11(2)13-8-7-12(3)9-16(13)28-17(23)10-21-19(24)14-5-4-6-15(22(26)27)18(14)20(21)25/h4-6,11-13,16H,7-10H2,1-3H3. The zero-order chi connectivity index (χ0) is 20.6. The number of hydrogen-bond acceptors (Lipinski definition) is 6. The number of rotatable bonds is 5. The molecule has 1 aromatic rings. The smallest absolute Gasteiger partial charge is 0.326 e. The van der Waals surface area contributed by atoms with E-state index in [2.05, 4.69) is 20.8 Å². The minimum absolute atomic E-state index is 0.0571. The summed E-state index contributed by atoms with van der Waals surface area (Å²) in [5, 5.41) is 11.2. The molecule has 0 bridgehead atoms. The second kappa shape index (κ2) is 7.69. The number of amides is 2. The molecule has 1 aromatic carbocycles. The summed E-state index contributed by atoms with van der Waals surface area (Å²) in [5.41, 5.74) is -0.761. The number of carbonyl (C=O) groups excluding carboxylic acids is 3. The van der Waals surface area contributed by atoms with Gasteiger partial charge in [0.2, 0.25) is 0 Å². The summed E-state index contributed by atoms with van der Waals surface area (Å²) in [5.74, 6) is -1.17. The molecule has 1 saturated carbocycles. The number of carbonyl (C=O) groups is 3. The lowest BCUT2D eigenvalue weighted by molar-refractivity contribution is -0.385. The van der Waals surface area contributed by atoms with E-state index in [4.69, 9.17) is 4.74 Å². The van der Waals surface area contributed by atoms with Crippen molar-refractivity contribution in [3.05, 3.63) is 39.4 Å². The number of nitro benzene ring substituents is 1. The number of imide groups is 1. The molecule has 8 nitrogen and oxygen atoms in total. The van der Waals surface area contributed by atoms with Crippen LogP contribution in [0.3, 0.4) is 0 Å². The van der Waals surface area contributed by atoms with Crippen LogP contribution in [0.5, 0.6) is 0 Å². The molecular weight excluding hydrogens is 364 g/mol. The Morgan fingerprint density at radius 1 is 1.29 bits per heavy atom. The van der Waals surface area contributed by atoms with Crippen LogP contribution >= 0.6 is 0 Å². The molecule has 0 aromatic heterocycles. The fourth-order valence-corrected chi connectivity index (χ4v) is 4.20. The van der Waals surface area contributed by atoms with E-state index < -0.39 is 34.9 Å². The molecule has 28 heavy (non-hydrogen) atoms. The minimum Gasteiger partial charge on any atom is -0.461 e. The van der Waals surface area contributed by atoms with Crippen molar-refractivity contribution in [3.63, 3.8) is 0 Å². The highest BCUT2D eigenvalue weighted by Crippen LogP contribution is 2.36.